The Kier molecular flexibility index (Phi) is 8.17. The fourth-order valence-electron chi connectivity index (χ4n) is 1.60. The highest BCUT2D eigenvalue weighted by Crippen LogP contribution is 2.07. The van der Waals surface area contributed by atoms with Crippen molar-refractivity contribution in [3.05, 3.63) is 0 Å². The van der Waals surface area contributed by atoms with Crippen molar-refractivity contribution in [1.82, 2.24) is 15.5 Å². The molecule has 0 saturated heterocycles. The van der Waals surface area contributed by atoms with Crippen LogP contribution in [0.15, 0.2) is 0 Å². The number of carbonyl (C=O) groups excluding carboxylic acids is 1. The number of hydrogen-bond acceptors (Lipinski definition) is 4. The average molecular weight is 289 g/mol. The van der Waals surface area contributed by atoms with Gasteiger partial charge in [-0.3, -0.25) is 4.79 Å². The Morgan fingerprint density at radius 2 is 1.95 bits per heavy atom. The summed E-state index contributed by atoms with van der Waals surface area (Å²) in [7, 11) is 1.99. The van der Waals surface area contributed by atoms with Gasteiger partial charge in [-0.1, -0.05) is 6.92 Å². The van der Waals surface area contributed by atoms with Crippen molar-refractivity contribution in [2.75, 3.05) is 26.7 Å². The topological polar surface area (TPSA) is 102 Å². The van der Waals surface area contributed by atoms with Gasteiger partial charge in [-0.25, -0.2) is 4.79 Å². The average Bonchev–Trinajstić information content (AvgIpc) is 2.33. The van der Waals surface area contributed by atoms with Gasteiger partial charge in [-0.05, 0) is 27.3 Å². The van der Waals surface area contributed by atoms with Gasteiger partial charge in [0.15, 0.2) is 0 Å². The SMILES string of the molecule is CCC(C)N(C)CCNC(=O)NCC(C)(O)CC(=O)O. The van der Waals surface area contributed by atoms with E-state index in [1.165, 1.54) is 6.92 Å². The van der Waals surface area contributed by atoms with Crippen molar-refractivity contribution >= 4 is 12.0 Å². The van der Waals surface area contributed by atoms with Crippen LogP contribution in [0.2, 0.25) is 0 Å². The molecule has 0 bridgehead atoms. The summed E-state index contributed by atoms with van der Waals surface area (Å²) in [6.45, 7) is 6.71. The number of amides is 2. The molecule has 7 nitrogen and oxygen atoms in total. The molecule has 0 aliphatic carbocycles. The third kappa shape index (κ3) is 8.71. The molecule has 0 radical (unpaired) electrons. The third-order valence-electron chi connectivity index (χ3n) is 3.26. The lowest BCUT2D eigenvalue weighted by Gasteiger charge is -2.24. The zero-order valence-electron chi connectivity index (χ0n) is 12.8. The third-order valence-corrected chi connectivity index (χ3v) is 3.26. The fraction of sp³-hybridized carbons (Fsp3) is 0.846. The summed E-state index contributed by atoms with van der Waals surface area (Å²) in [6.07, 6.45) is 0.630. The van der Waals surface area contributed by atoms with E-state index in [0.717, 1.165) is 13.0 Å². The Balaban J connectivity index is 3.87. The van der Waals surface area contributed by atoms with Gasteiger partial charge < -0.3 is 25.7 Å². The van der Waals surface area contributed by atoms with Gasteiger partial charge in [-0.2, -0.15) is 0 Å². The van der Waals surface area contributed by atoms with E-state index in [0.29, 0.717) is 12.6 Å². The molecule has 2 amide bonds. The molecule has 0 spiro atoms. The second-order valence-corrected chi connectivity index (χ2v) is 5.41. The molecule has 0 aliphatic heterocycles. The number of aliphatic hydroxyl groups is 1. The number of likely N-dealkylation sites (N-methyl/N-ethyl adjacent to an activating group) is 1. The zero-order chi connectivity index (χ0) is 15.8. The van der Waals surface area contributed by atoms with E-state index in [-0.39, 0.29) is 6.54 Å². The first kappa shape index (κ1) is 18.7. The van der Waals surface area contributed by atoms with Crippen molar-refractivity contribution in [2.45, 2.75) is 45.3 Å². The van der Waals surface area contributed by atoms with Gasteiger partial charge in [0, 0.05) is 25.7 Å². The van der Waals surface area contributed by atoms with Crippen LogP contribution in [0, 0.1) is 0 Å². The molecule has 0 aromatic carbocycles. The van der Waals surface area contributed by atoms with Crippen LogP contribution in [0.5, 0.6) is 0 Å². The molecule has 20 heavy (non-hydrogen) atoms. The van der Waals surface area contributed by atoms with Crippen LogP contribution in [-0.4, -0.2) is 65.4 Å². The number of aliphatic carboxylic acids is 1. The number of rotatable bonds is 9. The van der Waals surface area contributed by atoms with Crippen LogP contribution in [-0.2, 0) is 4.79 Å². The van der Waals surface area contributed by atoms with E-state index >= 15 is 0 Å². The van der Waals surface area contributed by atoms with Crippen LogP contribution < -0.4 is 10.6 Å². The zero-order valence-corrected chi connectivity index (χ0v) is 12.8. The number of urea groups is 1. The second-order valence-electron chi connectivity index (χ2n) is 5.41. The number of carboxylic acid groups (broad SMARTS) is 1. The second kappa shape index (κ2) is 8.76. The van der Waals surface area contributed by atoms with Crippen LogP contribution >= 0.6 is 0 Å². The predicted molar refractivity (Wildman–Crippen MR) is 76.7 cm³/mol. The van der Waals surface area contributed by atoms with E-state index in [1.807, 2.05) is 7.05 Å². The smallest absolute Gasteiger partial charge is 0.314 e. The molecule has 118 valence electrons. The molecule has 0 aromatic rings. The van der Waals surface area contributed by atoms with Crippen molar-refractivity contribution < 1.29 is 19.8 Å². The van der Waals surface area contributed by atoms with E-state index < -0.39 is 24.0 Å². The Labute approximate surface area is 120 Å². The van der Waals surface area contributed by atoms with Crippen LogP contribution in [0.1, 0.15) is 33.6 Å². The molecule has 0 aliphatic rings. The van der Waals surface area contributed by atoms with E-state index in [2.05, 4.69) is 29.4 Å². The van der Waals surface area contributed by atoms with Crippen LogP contribution in [0.4, 0.5) is 4.79 Å². The highest BCUT2D eigenvalue weighted by Gasteiger charge is 2.24. The lowest BCUT2D eigenvalue weighted by molar-refractivity contribution is -0.141. The summed E-state index contributed by atoms with van der Waals surface area (Å²) in [5.41, 5.74) is -1.45. The van der Waals surface area contributed by atoms with Crippen LogP contribution in [0.3, 0.4) is 0 Å². The van der Waals surface area contributed by atoms with E-state index in [9.17, 15) is 14.7 Å². The van der Waals surface area contributed by atoms with Crippen molar-refractivity contribution in [3.63, 3.8) is 0 Å². The maximum Gasteiger partial charge on any atom is 0.314 e. The number of nitrogens with one attached hydrogen (secondary N) is 2. The highest BCUT2D eigenvalue weighted by atomic mass is 16.4. The lowest BCUT2D eigenvalue weighted by atomic mass is 10.0. The Morgan fingerprint density at radius 3 is 2.45 bits per heavy atom. The quantitative estimate of drug-likeness (QED) is 0.487. The van der Waals surface area contributed by atoms with Crippen LogP contribution in [0.25, 0.3) is 0 Å². The molecule has 7 heteroatoms. The van der Waals surface area contributed by atoms with Gasteiger partial charge in [0.2, 0.25) is 0 Å². The molecular weight excluding hydrogens is 262 g/mol. The molecule has 2 atom stereocenters. The predicted octanol–water partition coefficient (Wildman–Crippen LogP) is 0.242. The Morgan fingerprint density at radius 1 is 1.35 bits per heavy atom. The van der Waals surface area contributed by atoms with Gasteiger partial charge in [-0.15, -0.1) is 0 Å². The standard InChI is InChI=1S/C13H27N3O4/c1-5-10(2)16(4)7-6-14-12(19)15-9-13(3,20)8-11(17)18/h10,20H,5-9H2,1-4H3,(H,17,18)(H2,14,15,19). The fourth-order valence-corrected chi connectivity index (χ4v) is 1.60. The maximum atomic E-state index is 11.5. The summed E-state index contributed by atoms with van der Waals surface area (Å²) in [4.78, 5) is 24.1. The van der Waals surface area contributed by atoms with Crippen molar-refractivity contribution in [2.24, 2.45) is 0 Å². The van der Waals surface area contributed by atoms with E-state index in [1.54, 1.807) is 0 Å². The Hall–Kier alpha value is -1.34. The number of carboxylic acids is 1. The van der Waals surface area contributed by atoms with Crippen molar-refractivity contribution in [1.29, 1.82) is 0 Å². The monoisotopic (exact) mass is 289 g/mol. The minimum Gasteiger partial charge on any atom is -0.481 e. The molecule has 4 N–H and O–H groups in total. The molecular formula is C13H27N3O4. The normalized spacial score (nSPS) is 15.5. The van der Waals surface area contributed by atoms with Gasteiger partial charge in [0.25, 0.3) is 0 Å². The van der Waals surface area contributed by atoms with E-state index in [4.69, 9.17) is 5.11 Å². The summed E-state index contributed by atoms with van der Waals surface area (Å²) in [5, 5.41) is 23.5. The van der Waals surface area contributed by atoms with Gasteiger partial charge in [0.05, 0.1) is 12.0 Å². The molecule has 0 fully saturated rings. The first-order chi connectivity index (χ1) is 9.18. The summed E-state index contributed by atoms with van der Waals surface area (Å²) < 4.78 is 0. The largest absolute Gasteiger partial charge is 0.481 e. The minimum absolute atomic E-state index is 0.105. The number of hydrogen-bond donors (Lipinski definition) is 4. The summed E-state index contributed by atoms with van der Waals surface area (Å²) >= 11 is 0. The lowest BCUT2D eigenvalue weighted by Crippen LogP contribution is -2.47. The maximum absolute atomic E-state index is 11.5. The number of carbonyl (C=O) groups is 2. The number of nitrogens with zero attached hydrogens (tertiary/aromatic N) is 1. The first-order valence-electron chi connectivity index (χ1n) is 6.84. The molecule has 0 aromatic heterocycles. The summed E-state index contributed by atoms with van der Waals surface area (Å²) in [6, 6.07) is 0.0457. The first-order valence-corrected chi connectivity index (χ1v) is 6.84. The van der Waals surface area contributed by atoms with Gasteiger partial charge in [0.1, 0.15) is 0 Å². The van der Waals surface area contributed by atoms with Crippen molar-refractivity contribution in [3.8, 4) is 0 Å². The highest BCUT2D eigenvalue weighted by molar-refractivity contribution is 5.74. The molecule has 2 unspecified atom stereocenters. The molecule has 0 saturated carbocycles. The minimum atomic E-state index is -1.45. The van der Waals surface area contributed by atoms with Gasteiger partial charge >= 0.3 is 12.0 Å². The Bertz CT molecular complexity index is 321. The molecule has 0 rings (SSSR count). The summed E-state index contributed by atoms with van der Waals surface area (Å²) in [5.74, 6) is -1.10. The molecule has 0 heterocycles.